The molecule has 0 aliphatic heterocycles. The molecule has 0 radical (unpaired) electrons. The van der Waals surface area contributed by atoms with Crippen molar-refractivity contribution in [1.29, 1.82) is 0 Å². The van der Waals surface area contributed by atoms with Gasteiger partial charge in [-0.25, -0.2) is 9.98 Å². The minimum Gasteiger partial charge on any atom is -0.370 e. The highest BCUT2D eigenvalue weighted by atomic mass is 127. The average Bonchev–Trinajstić information content (AvgIpc) is 3.10. The molecule has 0 atom stereocenters. The third-order valence-corrected chi connectivity index (χ3v) is 4.22. The van der Waals surface area contributed by atoms with Crippen LogP contribution in [-0.4, -0.2) is 15.5 Å². The fraction of sp³-hybridized carbons (Fsp3) is 0.238. The summed E-state index contributed by atoms with van der Waals surface area (Å²) in [5.41, 5.74) is 9.49. The summed E-state index contributed by atoms with van der Waals surface area (Å²) in [5, 5.41) is 3.11. The number of nitrogens with one attached hydrogen (secondary N) is 1. The molecule has 5 nitrogen and oxygen atoms in total. The molecule has 3 aromatic rings. The molecule has 2 aromatic carbocycles. The summed E-state index contributed by atoms with van der Waals surface area (Å²) < 4.78 is 2.14. The van der Waals surface area contributed by atoms with E-state index in [1.54, 1.807) is 0 Å². The van der Waals surface area contributed by atoms with Gasteiger partial charge in [-0.3, -0.25) is 0 Å². The normalized spacial score (nSPS) is 11.1. The molecule has 0 aliphatic carbocycles. The van der Waals surface area contributed by atoms with Gasteiger partial charge in [0.1, 0.15) is 12.4 Å². The molecular formula is C21H26IN5. The van der Waals surface area contributed by atoms with E-state index in [1.807, 2.05) is 42.7 Å². The number of aromatic nitrogens is 2. The molecule has 1 heterocycles. The van der Waals surface area contributed by atoms with Gasteiger partial charge >= 0.3 is 0 Å². The van der Waals surface area contributed by atoms with Crippen LogP contribution in [0.4, 0.5) is 5.69 Å². The van der Waals surface area contributed by atoms with E-state index in [0.717, 1.165) is 30.9 Å². The van der Waals surface area contributed by atoms with E-state index >= 15 is 0 Å². The fourth-order valence-electron chi connectivity index (χ4n) is 2.77. The Morgan fingerprint density at radius 1 is 1.11 bits per heavy atom. The molecule has 0 bridgehead atoms. The summed E-state index contributed by atoms with van der Waals surface area (Å²) in [6, 6.07) is 18.6. The monoisotopic (exact) mass is 475 g/mol. The van der Waals surface area contributed by atoms with Crippen LogP contribution in [0.5, 0.6) is 0 Å². The maximum Gasteiger partial charge on any atom is 0.193 e. The van der Waals surface area contributed by atoms with Crippen LogP contribution in [0.25, 0.3) is 0 Å². The number of guanidine groups is 1. The second kappa shape index (κ2) is 10.7. The maximum atomic E-state index is 5.99. The van der Waals surface area contributed by atoms with Crippen molar-refractivity contribution in [3.05, 3.63) is 83.9 Å². The van der Waals surface area contributed by atoms with Crippen molar-refractivity contribution in [2.24, 2.45) is 10.7 Å². The Balaban J connectivity index is 0.00000261. The van der Waals surface area contributed by atoms with E-state index in [0.29, 0.717) is 12.5 Å². The molecule has 6 heteroatoms. The number of benzene rings is 2. The Bertz CT molecular complexity index is 841. The van der Waals surface area contributed by atoms with Crippen LogP contribution >= 0.6 is 24.0 Å². The molecule has 3 rings (SSSR count). The molecule has 1 aromatic heterocycles. The van der Waals surface area contributed by atoms with Gasteiger partial charge in [0, 0.05) is 24.6 Å². The molecule has 0 unspecified atom stereocenters. The number of imidazole rings is 1. The van der Waals surface area contributed by atoms with Crippen molar-refractivity contribution in [3.8, 4) is 0 Å². The number of halogens is 1. The highest BCUT2D eigenvalue weighted by Gasteiger charge is 2.03. The van der Waals surface area contributed by atoms with Crippen molar-refractivity contribution < 1.29 is 0 Å². The Labute approximate surface area is 177 Å². The standard InChI is InChI=1S/C21H25N5.HI/c1-17-9-11-19(12-10-17)25-21(22)24-16-20-23-13-15-26(20)14-5-8-18-6-3-2-4-7-18;/h2-4,6-7,9-13,15H,5,8,14,16H2,1H3,(H3,22,24,25);1H. The fourth-order valence-corrected chi connectivity index (χ4v) is 2.77. The summed E-state index contributed by atoms with van der Waals surface area (Å²) in [7, 11) is 0. The van der Waals surface area contributed by atoms with Gasteiger partial charge in [-0.05, 0) is 37.5 Å². The number of rotatable bonds is 7. The largest absolute Gasteiger partial charge is 0.370 e. The van der Waals surface area contributed by atoms with Gasteiger partial charge in [-0.2, -0.15) is 0 Å². The van der Waals surface area contributed by atoms with Crippen LogP contribution in [0.1, 0.15) is 23.4 Å². The van der Waals surface area contributed by atoms with Gasteiger partial charge in [0.15, 0.2) is 5.96 Å². The van der Waals surface area contributed by atoms with Crippen LogP contribution in [0.15, 0.2) is 72.0 Å². The molecule has 0 saturated heterocycles. The predicted octanol–water partition coefficient (Wildman–Crippen LogP) is 4.37. The van der Waals surface area contributed by atoms with Crippen LogP contribution in [0.2, 0.25) is 0 Å². The Morgan fingerprint density at radius 2 is 1.85 bits per heavy atom. The van der Waals surface area contributed by atoms with E-state index in [-0.39, 0.29) is 24.0 Å². The first-order valence-corrected chi connectivity index (χ1v) is 8.88. The molecular weight excluding hydrogens is 449 g/mol. The zero-order valence-corrected chi connectivity index (χ0v) is 17.8. The second-order valence-corrected chi connectivity index (χ2v) is 6.32. The highest BCUT2D eigenvalue weighted by molar-refractivity contribution is 14.0. The molecule has 0 aliphatic rings. The topological polar surface area (TPSA) is 68.2 Å². The van der Waals surface area contributed by atoms with Gasteiger partial charge in [0.25, 0.3) is 0 Å². The van der Waals surface area contributed by atoms with E-state index in [1.165, 1.54) is 11.1 Å². The lowest BCUT2D eigenvalue weighted by Gasteiger charge is -2.08. The number of aliphatic imine (C=N–C) groups is 1. The van der Waals surface area contributed by atoms with Gasteiger partial charge in [0.2, 0.25) is 0 Å². The molecule has 0 amide bonds. The van der Waals surface area contributed by atoms with Gasteiger partial charge in [-0.1, -0.05) is 48.0 Å². The minimum atomic E-state index is 0. The van der Waals surface area contributed by atoms with E-state index in [2.05, 4.69) is 51.0 Å². The molecule has 27 heavy (non-hydrogen) atoms. The first-order valence-electron chi connectivity index (χ1n) is 8.88. The Morgan fingerprint density at radius 3 is 2.59 bits per heavy atom. The van der Waals surface area contributed by atoms with E-state index < -0.39 is 0 Å². The first-order chi connectivity index (χ1) is 12.7. The molecule has 0 fully saturated rings. The Kier molecular flexibility index (Phi) is 8.32. The van der Waals surface area contributed by atoms with Crippen LogP contribution in [0.3, 0.4) is 0 Å². The average molecular weight is 475 g/mol. The number of anilines is 1. The third-order valence-electron chi connectivity index (χ3n) is 4.22. The summed E-state index contributed by atoms with van der Waals surface area (Å²) in [5.74, 6) is 1.32. The van der Waals surface area contributed by atoms with Gasteiger partial charge in [-0.15, -0.1) is 24.0 Å². The van der Waals surface area contributed by atoms with Crippen LogP contribution in [-0.2, 0) is 19.5 Å². The number of hydrogen-bond acceptors (Lipinski definition) is 2. The Hall–Kier alpha value is -2.35. The van der Waals surface area contributed by atoms with Crippen molar-refractivity contribution >= 4 is 35.6 Å². The second-order valence-electron chi connectivity index (χ2n) is 6.32. The summed E-state index contributed by atoms with van der Waals surface area (Å²) in [6.07, 6.45) is 5.93. The number of nitrogens with zero attached hydrogens (tertiary/aromatic N) is 3. The molecule has 3 N–H and O–H groups in total. The molecule has 0 spiro atoms. The van der Waals surface area contributed by atoms with Crippen molar-refractivity contribution in [2.45, 2.75) is 32.9 Å². The smallest absolute Gasteiger partial charge is 0.193 e. The van der Waals surface area contributed by atoms with Crippen molar-refractivity contribution in [2.75, 3.05) is 5.32 Å². The zero-order valence-electron chi connectivity index (χ0n) is 15.5. The van der Waals surface area contributed by atoms with Crippen LogP contribution in [0, 0.1) is 6.92 Å². The highest BCUT2D eigenvalue weighted by Crippen LogP contribution is 2.09. The van der Waals surface area contributed by atoms with E-state index in [4.69, 9.17) is 5.73 Å². The van der Waals surface area contributed by atoms with Gasteiger partial charge in [0.05, 0.1) is 0 Å². The zero-order chi connectivity index (χ0) is 18.2. The van der Waals surface area contributed by atoms with Crippen molar-refractivity contribution in [1.82, 2.24) is 9.55 Å². The van der Waals surface area contributed by atoms with Gasteiger partial charge < -0.3 is 15.6 Å². The quantitative estimate of drug-likeness (QED) is 0.303. The summed E-state index contributed by atoms with van der Waals surface area (Å²) in [6.45, 7) is 3.44. The SMILES string of the molecule is Cc1ccc(NC(N)=NCc2nccn2CCCc2ccccc2)cc1.I. The number of nitrogens with two attached hydrogens (primary N) is 1. The summed E-state index contributed by atoms with van der Waals surface area (Å²) >= 11 is 0. The lowest BCUT2D eigenvalue weighted by atomic mass is 10.1. The number of aryl methyl sites for hydroxylation is 3. The predicted molar refractivity (Wildman–Crippen MR) is 123 cm³/mol. The minimum absolute atomic E-state index is 0. The maximum absolute atomic E-state index is 5.99. The lowest BCUT2D eigenvalue weighted by Crippen LogP contribution is -2.22. The number of hydrogen-bond donors (Lipinski definition) is 2. The van der Waals surface area contributed by atoms with Crippen LogP contribution < -0.4 is 11.1 Å². The third kappa shape index (κ3) is 6.71. The van der Waals surface area contributed by atoms with E-state index in [9.17, 15) is 0 Å². The van der Waals surface area contributed by atoms with Crippen molar-refractivity contribution in [3.63, 3.8) is 0 Å². The summed E-state index contributed by atoms with van der Waals surface area (Å²) in [4.78, 5) is 8.82. The lowest BCUT2D eigenvalue weighted by molar-refractivity contribution is 0.611. The molecule has 142 valence electrons. The first kappa shape index (κ1) is 21.0. The molecule has 0 saturated carbocycles.